The zero-order valence-electron chi connectivity index (χ0n) is 19.3. The third kappa shape index (κ3) is 5.53. The van der Waals surface area contributed by atoms with Crippen LogP contribution in [-0.2, 0) is 26.1 Å². The van der Waals surface area contributed by atoms with E-state index < -0.39 is 16.1 Å². The smallest absolute Gasteiger partial charge is 0.243 e. The number of benzene rings is 2. The van der Waals surface area contributed by atoms with E-state index in [1.165, 1.54) is 10.4 Å². The summed E-state index contributed by atoms with van der Waals surface area (Å²) in [6, 6.07) is 15.7. The van der Waals surface area contributed by atoms with Crippen LogP contribution < -0.4 is 5.32 Å². The van der Waals surface area contributed by atoms with E-state index in [4.69, 9.17) is 4.74 Å². The number of likely N-dealkylation sites (N-methyl/N-ethyl adjacent to an activating group) is 1. The molecule has 1 aliphatic heterocycles. The number of hydrogen-bond acceptors (Lipinski definition) is 6. The third-order valence-electron chi connectivity index (χ3n) is 5.84. The number of anilines is 1. The van der Waals surface area contributed by atoms with Crippen LogP contribution in [0.5, 0.6) is 0 Å². The number of sulfonamides is 1. The van der Waals surface area contributed by atoms with Crippen LogP contribution >= 0.6 is 0 Å². The second-order valence-electron chi connectivity index (χ2n) is 8.25. The summed E-state index contributed by atoms with van der Waals surface area (Å²) in [5.74, 6) is -0.223. The van der Waals surface area contributed by atoms with Gasteiger partial charge in [0.25, 0.3) is 0 Å². The first-order valence-corrected chi connectivity index (χ1v) is 12.6. The van der Waals surface area contributed by atoms with E-state index in [-0.39, 0.29) is 10.8 Å². The molecule has 2 aromatic carbocycles. The van der Waals surface area contributed by atoms with Crippen LogP contribution in [0.15, 0.2) is 71.9 Å². The van der Waals surface area contributed by atoms with E-state index in [9.17, 15) is 13.2 Å². The predicted octanol–water partition coefficient (Wildman–Crippen LogP) is 2.35. The number of carbonyl (C=O) groups excluding carboxylic acids is 1. The molecule has 0 unspecified atom stereocenters. The zero-order valence-corrected chi connectivity index (χ0v) is 20.1. The number of amides is 1. The Balaban J connectivity index is 1.39. The molecule has 180 valence electrons. The van der Waals surface area contributed by atoms with Gasteiger partial charge in [-0.15, -0.1) is 0 Å². The van der Waals surface area contributed by atoms with E-state index >= 15 is 0 Å². The Morgan fingerprint density at radius 1 is 1.15 bits per heavy atom. The molecule has 1 atom stereocenters. The number of nitrogens with one attached hydrogen (secondary N) is 1. The Morgan fingerprint density at radius 2 is 1.88 bits per heavy atom. The number of rotatable bonds is 8. The highest BCUT2D eigenvalue weighted by Gasteiger charge is 2.27. The number of ether oxygens (including phenoxy) is 1. The van der Waals surface area contributed by atoms with Gasteiger partial charge in [0.15, 0.2) is 0 Å². The van der Waals surface area contributed by atoms with Crippen molar-refractivity contribution in [2.75, 3.05) is 38.7 Å². The maximum absolute atomic E-state index is 12.9. The molecular weight excluding hydrogens is 454 g/mol. The summed E-state index contributed by atoms with van der Waals surface area (Å²) in [5, 5.41) is 7.25. The van der Waals surface area contributed by atoms with E-state index in [1.54, 1.807) is 29.1 Å². The Labute approximate surface area is 200 Å². The van der Waals surface area contributed by atoms with Gasteiger partial charge in [0.2, 0.25) is 15.9 Å². The highest BCUT2D eigenvalue weighted by atomic mass is 32.2. The monoisotopic (exact) mass is 483 g/mol. The number of para-hydroxylation sites is 1. The molecule has 1 fully saturated rings. The van der Waals surface area contributed by atoms with Gasteiger partial charge >= 0.3 is 0 Å². The van der Waals surface area contributed by atoms with Crippen molar-refractivity contribution in [1.29, 1.82) is 0 Å². The lowest BCUT2D eigenvalue weighted by atomic mass is 10.2. The minimum Gasteiger partial charge on any atom is -0.379 e. The fourth-order valence-electron chi connectivity index (χ4n) is 3.71. The molecule has 0 radical (unpaired) electrons. The molecule has 0 aliphatic carbocycles. The van der Waals surface area contributed by atoms with Gasteiger partial charge < -0.3 is 10.1 Å². The molecule has 2 heterocycles. The van der Waals surface area contributed by atoms with Gasteiger partial charge in [-0.25, -0.2) is 13.1 Å². The van der Waals surface area contributed by atoms with Crippen molar-refractivity contribution in [3.05, 3.63) is 72.6 Å². The Hall–Kier alpha value is -3.05. The van der Waals surface area contributed by atoms with Gasteiger partial charge in [0, 0.05) is 37.1 Å². The van der Waals surface area contributed by atoms with E-state index in [0.717, 1.165) is 11.3 Å². The third-order valence-corrected chi connectivity index (χ3v) is 7.73. The first-order chi connectivity index (χ1) is 16.3. The Bertz CT molecular complexity index is 1220. The molecular formula is C24H29N5O4S. The summed E-state index contributed by atoms with van der Waals surface area (Å²) in [7, 11) is -1.77. The van der Waals surface area contributed by atoms with Crippen LogP contribution in [0.2, 0.25) is 0 Å². The van der Waals surface area contributed by atoms with Crippen molar-refractivity contribution in [1.82, 2.24) is 19.0 Å². The van der Waals surface area contributed by atoms with Gasteiger partial charge in [0.05, 0.1) is 36.0 Å². The van der Waals surface area contributed by atoms with E-state index in [2.05, 4.69) is 10.4 Å². The van der Waals surface area contributed by atoms with Crippen LogP contribution in [-0.4, -0.2) is 72.7 Å². The molecule has 4 rings (SSSR count). The minimum absolute atomic E-state index is 0.154. The van der Waals surface area contributed by atoms with Gasteiger partial charge in [0.1, 0.15) is 0 Å². The van der Waals surface area contributed by atoms with Crippen LogP contribution in [0.25, 0.3) is 5.69 Å². The van der Waals surface area contributed by atoms with Gasteiger partial charge in [-0.2, -0.15) is 9.40 Å². The highest BCUT2D eigenvalue weighted by Crippen LogP contribution is 2.21. The second-order valence-corrected chi connectivity index (χ2v) is 10.2. The molecule has 0 saturated carbocycles. The van der Waals surface area contributed by atoms with Crippen LogP contribution in [0, 0.1) is 0 Å². The summed E-state index contributed by atoms with van der Waals surface area (Å²) in [5.41, 5.74) is 2.38. The topological polar surface area (TPSA) is 96.8 Å². The highest BCUT2D eigenvalue weighted by molar-refractivity contribution is 7.89. The number of aromatic nitrogens is 2. The van der Waals surface area contributed by atoms with Gasteiger partial charge in [-0.1, -0.05) is 24.3 Å². The zero-order chi connectivity index (χ0) is 24.1. The van der Waals surface area contributed by atoms with Crippen LogP contribution in [0.4, 0.5) is 5.69 Å². The minimum atomic E-state index is -3.64. The number of morpholine rings is 1. The number of hydrogen-bond donors (Lipinski definition) is 1. The molecule has 0 spiro atoms. The van der Waals surface area contributed by atoms with Crippen LogP contribution in [0.1, 0.15) is 12.5 Å². The molecule has 34 heavy (non-hydrogen) atoms. The molecule has 1 saturated heterocycles. The van der Waals surface area contributed by atoms with Gasteiger partial charge in [-0.05, 0) is 44.3 Å². The maximum atomic E-state index is 12.9. The van der Waals surface area contributed by atoms with Crippen molar-refractivity contribution in [3.8, 4) is 5.69 Å². The van der Waals surface area contributed by atoms with E-state index in [0.29, 0.717) is 38.5 Å². The molecule has 10 heteroatoms. The summed E-state index contributed by atoms with van der Waals surface area (Å²) < 4.78 is 34.3. The number of nitrogens with zero attached hydrogens (tertiary/aromatic N) is 4. The van der Waals surface area contributed by atoms with Crippen molar-refractivity contribution in [2.45, 2.75) is 24.4 Å². The maximum Gasteiger partial charge on any atom is 0.243 e. The molecule has 9 nitrogen and oxygen atoms in total. The fraction of sp³-hybridized carbons (Fsp3) is 0.333. The van der Waals surface area contributed by atoms with Crippen molar-refractivity contribution in [2.24, 2.45) is 0 Å². The SMILES string of the molecule is C[C@H](C(=O)Nc1cccc(S(=O)(=O)N2CCOCC2)c1)N(C)Cc1cnn(-c2ccccc2)c1. The first-order valence-electron chi connectivity index (χ1n) is 11.1. The molecule has 0 bridgehead atoms. The summed E-state index contributed by atoms with van der Waals surface area (Å²) in [4.78, 5) is 15.0. The molecule has 1 aliphatic rings. The van der Waals surface area contributed by atoms with Crippen molar-refractivity contribution < 1.29 is 17.9 Å². The van der Waals surface area contributed by atoms with Crippen molar-refractivity contribution in [3.63, 3.8) is 0 Å². The quantitative estimate of drug-likeness (QED) is 0.528. The second kappa shape index (κ2) is 10.5. The van der Waals surface area contributed by atoms with Gasteiger partial charge in [-0.3, -0.25) is 9.69 Å². The van der Waals surface area contributed by atoms with E-state index in [1.807, 2.05) is 55.4 Å². The summed E-state index contributed by atoms with van der Waals surface area (Å²) >= 11 is 0. The Kier molecular flexibility index (Phi) is 7.42. The normalized spacial score (nSPS) is 15.9. The molecule has 3 aromatic rings. The first kappa shape index (κ1) is 24.1. The number of carbonyl (C=O) groups is 1. The van der Waals surface area contributed by atoms with Crippen molar-refractivity contribution >= 4 is 21.6 Å². The summed E-state index contributed by atoms with van der Waals surface area (Å²) in [6.45, 7) is 3.74. The Morgan fingerprint density at radius 3 is 2.62 bits per heavy atom. The van der Waals surface area contributed by atoms with Crippen LogP contribution in [0.3, 0.4) is 0 Å². The lowest BCUT2D eigenvalue weighted by Gasteiger charge is -2.26. The molecule has 1 aromatic heterocycles. The largest absolute Gasteiger partial charge is 0.379 e. The molecule has 1 N–H and O–H groups in total. The lowest BCUT2D eigenvalue weighted by molar-refractivity contribution is -0.120. The predicted molar refractivity (Wildman–Crippen MR) is 129 cm³/mol. The standard InChI is InChI=1S/C24H29N5O4S/c1-19(27(2)17-20-16-25-29(18-20)22-8-4-3-5-9-22)24(30)26-21-7-6-10-23(15-21)34(31,32)28-11-13-33-14-12-28/h3-10,15-16,18-19H,11-14,17H2,1-2H3,(H,26,30)/t19-/m1/s1. The average molecular weight is 484 g/mol. The fourth-order valence-corrected chi connectivity index (χ4v) is 5.16. The molecule has 1 amide bonds. The average Bonchev–Trinajstić information content (AvgIpc) is 3.33. The summed E-state index contributed by atoms with van der Waals surface area (Å²) in [6.07, 6.45) is 3.73. The lowest BCUT2D eigenvalue weighted by Crippen LogP contribution is -2.40.